The molecule has 0 N–H and O–H groups in total. The average molecular weight is 800 g/mol. The smallest absolute Gasteiger partial charge is 0.306 e. The van der Waals surface area contributed by atoms with E-state index in [4.69, 9.17) is 18.5 Å². The lowest BCUT2D eigenvalue weighted by atomic mass is 10.1. The number of hydrogen-bond donors (Lipinski definition) is 0. The van der Waals surface area contributed by atoms with Gasteiger partial charge in [0.05, 0.1) is 27.7 Å². The molecule has 0 bridgehead atoms. The number of allylic oxidation sites excluding steroid dienone is 18. The highest BCUT2D eigenvalue weighted by Crippen LogP contribution is 2.38. The van der Waals surface area contributed by atoms with Crippen LogP contribution < -0.4 is 4.89 Å². The summed E-state index contributed by atoms with van der Waals surface area (Å²) in [5.41, 5.74) is 0. The number of carbonyl (C=O) groups excluding carboxylic acids is 2. The van der Waals surface area contributed by atoms with Crippen LogP contribution in [0.4, 0.5) is 0 Å². The van der Waals surface area contributed by atoms with E-state index in [1.165, 1.54) is 0 Å². The van der Waals surface area contributed by atoms with Crippen molar-refractivity contribution in [3.63, 3.8) is 0 Å². The van der Waals surface area contributed by atoms with Crippen molar-refractivity contribution in [1.82, 2.24) is 0 Å². The van der Waals surface area contributed by atoms with E-state index in [1.54, 1.807) is 0 Å². The molecule has 0 rings (SSSR count). The molecule has 0 aromatic carbocycles. The van der Waals surface area contributed by atoms with Crippen LogP contribution in [-0.2, 0) is 32.7 Å². The van der Waals surface area contributed by atoms with Gasteiger partial charge in [0.1, 0.15) is 19.8 Å². The van der Waals surface area contributed by atoms with Crippen molar-refractivity contribution in [1.29, 1.82) is 0 Å². The van der Waals surface area contributed by atoms with Crippen molar-refractivity contribution in [2.45, 2.75) is 123 Å². The average Bonchev–Trinajstić information content (AvgIpc) is 3.15. The van der Waals surface area contributed by atoms with Crippen LogP contribution in [0.25, 0.3) is 0 Å². The number of esters is 2. The fourth-order valence-electron chi connectivity index (χ4n) is 4.68. The van der Waals surface area contributed by atoms with Crippen molar-refractivity contribution in [3.8, 4) is 0 Å². The fraction of sp³-hybridized carbons (Fsp3) is 0.565. The zero-order valence-electron chi connectivity index (χ0n) is 35.3. The Kier molecular flexibility index (Phi) is 35.0. The number of ether oxygens (including phenoxy) is 2. The summed E-state index contributed by atoms with van der Waals surface area (Å²) < 4.78 is 33.7. The molecule has 10 heteroatoms. The van der Waals surface area contributed by atoms with E-state index in [9.17, 15) is 19.0 Å². The molecule has 0 aromatic heterocycles. The highest BCUT2D eigenvalue weighted by Gasteiger charge is 2.21. The third-order valence-electron chi connectivity index (χ3n) is 7.86. The van der Waals surface area contributed by atoms with Gasteiger partial charge < -0.3 is 27.9 Å². The van der Waals surface area contributed by atoms with Crippen molar-refractivity contribution in [2.24, 2.45) is 0 Å². The summed E-state index contributed by atoms with van der Waals surface area (Å²) >= 11 is 0. The van der Waals surface area contributed by atoms with E-state index >= 15 is 0 Å². The van der Waals surface area contributed by atoms with Crippen LogP contribution in [-0.4, -0.2) is 70.0 Å². The Morgan fingerprint density at radius 1 is 0.571 bits per heavy atom. The molecule has 0 saturated carbocycles. The predicted octanol–water partition coefficient (Wildman–Crippen LogP) is 10.9. The number of hydrogen-bond acceptors (Lipinski definition) is 8. The molecule has 0 aliphatic heterocycles. The first-order chi connectivity index (χ1) is 27.0. The molecule has 316 valence electrons. The lowest BCUT2D eigenvalue weighted by Crippen LogP contribution is -2.37. The van der Waals surface area contributed by atoms with E-state index in [0.717, 1.165) is 77.0 Å². The summed E-state index contributed by atoms with van der Waals surface area (Å²) in [7, 11) is 1.09. The van der Waals surface area contributed by atoms with Crippen LogP contribution in [0.5, 0.6) is 0 Å². The van der Waals surface area contributed by atoms with Gasteiger partial charge in [-0.25, -0.2) is 0 Å². The maximum atomic E-state index is 12.6. The maximum absolute atomic E-state index is 12.6. The molecule has 56 heavy (non-hydrogen) atoms. The van der Waals surface area contributed by atoms with Crippen molar-refractivity contribution in [3.05, 3.63) is 109 Å². The van der Waals surface area contributed by atoms with E-state index < -0.39 is 32.5 Å². The molecule has 0 aliphatic rings. The van der Waals surface area contributed by atoms with E-state index in [1.807, 2.05) is 51.5 Å². The Labute approximate surface area is 340 Å². The number of likely N-dealkylation sites (N-methyl/N-ethyl adjacent to an activating group) is 1. The Morgan fingerprint density at radius 3 is 1.66 bits per heavy atom. The topological polar surface area (TPSA) is 111 Å². The first-order valence-electron chi connectivity index (χ1n) is 20.6. The minimum absolute atomic E-state index is 0.0533. The number of carbonyl (C=O) groups is 2. The van der Waals surface area contributed by atoms with E-state index in [-0.39, 0.29) is 26.1 Å². The molecule has 0 spiro atoms. The molecule has 2 atom stereocenters. The molecule has 2 unspecified atom stereocenters. The molecule has 0 fully saturated rings. The van der Waals surface area contributed by atoms with Gasteiger partial charge in [-0.1, -0.05) is 142 Å². The second-order valence-electron chi connectivity index (χ2n) is 14.3. The molecule has 0 aromatic rings. The van der Waals surface area contributed by atoms with Gasteiger partial charge in [-0.05, 0) is 70.6 Å². The molecule has 0 saturated heterocycles. The minimum atomic E-state index is -4.65. The number of phosphoric ester groups is 1. The van der Waals surface area contributed by atoms with Crippen molar-refractivity contribution >= 4 is 19.8 Å². The summed E-state index contributed by atoms with van der Waals surface area (Å²) in [5.74, 6) is -0.972. The molecular weight excluding hydrogens is 725 g/mol. The summed E-state index contributed by atoms with van der Waals surface area (Å²) in [6, 6.07) is 0. The third-order valence-corrected chi connectivity index (χ3v) is 8.83. The summed E-state index contributed by atoms with van der Waals surface area (Å²) in [4.78, 5) is 37.4. The Balaban J connectivity index is 4.56. The van der Waals surface area contributed by atoms with Gasteiger partial charge in [0.25, 0.3) is 7.82 Å². The van der Waals surface area contributed by atoms with Crippen LogP contribution >= 0.6 is 7.82 Å². The minimum Gasteiger partial charge on any atom is -0.756 e. The zero-order chi connectivity index (χ0) is 41.4. The van der Waals surface area contributed by atoms with Crippen LogP contribution in [0.3, 0.4) is 0 Å². The third kappa shape index (κ3) is 40.3. The first kappa shape index (κ1) is 52.7. The lowest BCUT2D eigenvalue weighted by molar-refractivity contribution is -0.870. The number of quaternary nitrogens is 1. The van der Waals surface area contributed by atoms with Gasteiger partial charge in [-0.2, -0.15) is 0 Å². The first-order valence-corrected chi connectivity index (χ1v) is 22.1. The Hall–Kier alpha value is -3.33. The van der Waals surface area contributed by atoms with Gasteiger partial charge in [0, 0.05) is 12.8 Å². The van der Waals surface area contributed by atoms with Crippen LogP contribution in [0, 0.1) is 0 Å². The second-order valence-corrected chi connectivity index (χ2v) is 15.7. The number of phosphoric acid groups is 1. The normalized spacial score (nSPS) is 14.8. The molecule has 0 aliphatic carbocycles. The Bertz CT molecular complexity index is 1320. The standard InChI is InChI=1S/C46H74NO8P/c1-6-8-10-12-14-16-18-20-21-22-23-24-25-27-28-30-32-34-36-38-45(48)52-42-44(43-54-56(50,51)53-41-40-47(3,4)5)55-46(49)39-37-35-33-31-29-26-19-17-15-13-11-9-7-2/h8-11,13-17,19-21,23-24,27-28,32,34,44H,6-7,12,18,22,25-26,29-31,33,35-43H2,1-5H3/b10-8+,11-9+,15-13+,16-14+,19-17+,21-20+,24-23+,28-27+,34-32+. The largest absolute Gasteiger partial charge is 0.756 e. The molecule has 0 radical (unpaired) electrons. The van der Waals surface area contributed by atoms with E-state index in [0.29, 0.717) is 23.9 Å². The van der Waals surface area contributed by atoms with Crippen LogP contribution in [0.1, 0.15) is 117 Å². The van der Waals surface area contributed by atoms with Gasteiger partial charge in [-0.15, -0.1) is 0 Å². The van der Waals surface area contributed by atoms with Gasteiger partial charge in [0.15, 0.2) is 6.10 Å². The molecular formula is C46H74NO8P. The lowest BCUT2D eigenvalue weighted by Gasteiger charge is -2.28. The van der Waals surface area contributed by atoms with Gasteiger partial charge >= 0.3 is 11.9 Å². The molecule has 0 amide bonds. The molecule has 9 nitrogen and oxygen atoms in total. The monoisotopic (exact) mass is 800 g/mol. The fourth-order valence-corrected chi connectivity index (χ4v) is 5.41. The quantitative estimate of drug-likeness (QED) is 0.0156. The van der Waals surface area contributed by atoms with Crippen molar-refractivity contribution < 1.29 is 42.1 Å². The van der Waals surface area contributed by atoms with Crippen molar-refractivity contribution in [2.75, 3.05) is 47.5 Å². The summed E-state index contributed by atoms with van der Waals surface area (Å²) in [5, 5.41) is 0. The molecule has 0 heterocycles. The van der Waals surface area contributed by atoms with Gasteiger partial charge in [-0.3, -0.25) is 14.2 Å². The SMILES string of the molecule is CC/C=C/C=C/C=C/CCCCCCCC(=O)OC(COC(=O)CC/C=C/C/C=C/C/C=C/C/C=C/C/C=C/C/C=C/CC)COP(=O)([O-])OCC[N+](C)(C)C. The summed E-state index contributed by atoms with van der Waals surface area (Å²) in [6.45, 7) is 3.82. The summed E-state index contributed by atoms with van der Waals surface area (Å²) in [6.07, 6.45) is 49.9. The second kappa shape index (κ2) is 37.3. The number of unbranched alkanes of at least 4 members (excludes halogenated alkanes) is 5. The van der Waals surface area contributed by atoms with Gasteiger partial charge in [0.2, 0.25) is 0 Å². The number of nitrogens with zero attached hydrogens (tertiary/aromatic N) is 1. The maximum Gasteiger partial charge on any atom is 0.306 e. The van der Waals surface area contributed by atoms with E-state index in [2.05, 4.69) is 92.8 Å². The predicted molar refractivity (Wildman–Crippen MR) is 231 cm³/mol. The highest BCUT2D eigenvalue weighted by molar-refractivity contribution is 7.45. The highest BCUT2D eigenvalue weighted by atomic mass is 31.2. The Morgan fingerprint density at radius 2 is 1.09 bits per heavy atom. The van der Waals surface area contributed by atoms with Crippen LogP contribution in [0.15, 0.2) is 109 Å². The number of rotatable bonds is 35. The van der Waals surface area contributed by atoms with Crippen LogP contribution in [0.2, 0.25) is 0 Å². The zero-order valence-corrected chi connectivity index (χ0v) is 36.2.